The van der Waals surface area contributed by atoms with E-state index in [0.29, 0.717) is 11.1 Å². The lowest BCUT2D eigenvalue weighted by Crippen LogP contribution is -2.49. The van der Waals surface area contributed by atoms with Gasteiger partial charge in [-0.2, -0.15) is 5.10 Å². The Morgan fingerprint density at radius 2 is 2.03 bits per heavy atom. The number of aryl methyl sites for hydroxylation is 1. The Morgan fingerprint density at radius 1 is 1.30 bits per heavy atom. The van der Waals surface area contributed by atoms with Crippen molar-refractivity contribution in [3.8, 4) is 11.1 Å². The standard InChI is InChI=1S/C20H22FN3O4S2/c1-20(19(25)23-26,30(3,27)28)8-9-24-18-7-4-13(10-14(18)12-22-24)16-6-5-15(29-2)11-17(16)21/h4-7,10-12,26H,8-9H2,1-3H3,(H,23,25). The van der Waals surface area contributed by atoms with Gasteiger partial charge in [0.2, 0.25) is 0 Å². The quantitative estimate of drug-likeness (QED) is 0.325. The highest BCUT2D eigenvalue weighted by atomic mass is 32.2. The van der Waals surface area contributed by atoms with Crippen LogP contribution in [-0.2, 0) is 21.2 Å². The topological polar surface area (TPSA) is 101 Å². The van der Waals surface area contributed by atoms with Crippen LogP contribution in [0, 0.1) is 5.82 Å². The molecule has 0 spiro atoms. The lowest BCUT2D eigenvalue weighted by molar-refractivity contribution is -0.131. The Balaban J connectivity index is 1.90. The van der Waals surface area contributed by atoms with Gasteiger partial charge in [0.15, 0.2) is 14.6 Å². The molecular weight excluding hydrogens is 429 g/mol. The first-order chi connectivity index (χ1) is 14.1. The smallest absolute Gasteiger partial charge is 0.264 e. The number of amides is 1. The highest BCUT2D eigenvalue weighted by molar-refractivity contribution is 7.98. The molecule has 1 atom stereocenters. The maximum Gasteiger partial charge on any atom is 0.264 e. The summed E-state index contributed by atoms with van der Waals surface area (Å²) in [6.45, 7) is 1.40. The van der Waals surface area contributed by atoms with Crippen molar-refractivity contribution in [2.24, 2.45) is 0 Å². The van der Waals surface area contributed by atoms with Crippen LogP contribution < -0.4 is 5.48 Å². The third kappa shape index (κ3) is 4.07. The summed E-state index contributed by atoms with van der Waals surface area (Å²) in [5, 5.41) is 14.0. The van der Waals surface area contributed by atoms with Crippen molar-refractivity contribution in [1.29, 1.82) is 0 Å². The molecule has 1 amide bonds. The minimum Gasteiger partial charge on any atom is -0.289 e. The van der Waals surface area contributed by atoms with E-state index in [1.165, 1.54) is 30.2 Å². The van der Waals surface area contributed by atoms with Gasteiger partial charge in [0.1, 0.15) is 5.82 Å². The largest absolute Gasteiger partial charge is 0.289 e. The van der Waals surface area contributed by atoms with Crippen LogP contribution in [-0.4, -0.2) is 46.6 Å². The zero-order valence-electron chi connectivity index (χ0n) is 16.7. The molecule has 7 nitrogen and oxygen atoms in total. The third-order valence-corrected chi connectivity index (χ3v) is 8.08. The summed E-state index contributed by atoms with van der Waals surface area (Å²) >= 11 is 1.47. The van der Waals surface area contributed by atoms with Crippen LogP contribution in [0.25, 0.3) is 22.0 Å². The lowest BCUT2D eigenvalue weighted by atomic mass is 10.0. The molecular formula is C20H22FN3O4S2. The van der Waals surface area contributed by atoms with Crippen molar-refractivity contribution in [3.05, 3.63) is 48.4 Å². The molecule has 3 rings (SSSR count). The normalized spacial score (nSPS) is 13.9. The molecule has 0 bridgehead atoms. The molecule has 30 heavy (non-hydrogen) atoms. The number of nitrogens with zero attached hydrogens (tertiary/aromatic N) is 2. The van der Waals surface area contributed by atoms with E-state index in [1.807, 2.05) is 18.4 Å². The number of fused-ring (bicyclic) bond motifs is 1. The molecule has 0 fully saturated rings. The summed E-state index contributed by atoms with van der Waals surface area (Å²) in [4.78, 5) is 12.8. The maximum atomic E-state index is 14.5. The predicted molar refractivity (Wildman–Crippen MR) is 115 cm³/mol. The Bertz CT molecular complexity index is 1210. The van der Waals surface area contributed by atoms with Crippen LogP contribution >= 0.6 is 11.8 Å². The van der Waals surface area contributed by atoms with Crippen molar-refractivity contribution < 1.29 is 22.8 Å². The fourth-order valence-electron chi connectivity index (χ4n) is 3.19. The highest BCUT2D eigenvalue weighted by Crippen LogP contribution is 2.30. The monoisotopic (exact) mass is 451 g/mol. The Morgan fingerprint density at radius 3 is 2.63 bits per heavy atom. The van der Waals surface area contributed by atoms with E-state index in [2.05, 4.69) is 5.10 Å². The fourth-order valence-corrected chi connectivity index (χ4v) is 4.46. The predicted octanol–water partition coefficient (Wildman–Crippen LogP) is 3.26. The second-order valence-electron chi connectivity index (χ2n) is 7.18. The molecule has 0 aliphatic heterocycles. The van der Waals surface area contributed by atoms with E-state index in [9.17, 15) is 17.6 Å². The van der Waals surface area contributed by atoms with E-state index >= 15 is 0 Å². The number of hydroxylamine groups is 1. The molecule has 2 N–H and O–H groups in total. The number of carbonyl (C=O) groups excluding carboxylic acids is 1. The average molecular weight is 452 g/mol. The summed E-state index contributed by atoms with van der Waals surface area (Å²) in [6.07, 6.45) is 4.36. The Kier molecular flexibility index (Phi) is 6.21. The summed E-state index contributed by atoms with van der Waals surface area (Å²) in [7, 11) is -3.79. The zero-order chi connectivity index (χ0) is 22.1. The summed E-state index contributed by atoms with van der Waals surface area (Å²) in [5.41, 5.74) is 3.34. The van der Waals surface area contributed by atoms with Crippen LogP contribution in [0.5, 0.6) is 0 Å². The van der Waals surface area contributed by atoms with Gasteiger partial charge in [-0.1, -0.05) is 12.1 Å². The van der Waals surface area contributed by atoms with Crippen LogP contribution in [0.15, 0.2) is 47.5 Å². The molecule has 0 aliphatic carbocycles. The van der Waals surface area contributed by atoms with Crippen molar-refractivity contribution in [2.45, 2.75) is 29.5 Å². The number of nitrogens with one attached hydrogen (secondary N) is 1. The highest BCUT2D eigenvalue weighted by Gasteiger charge is 2.43. The van der Waals surface area contributed by atoms with Crippen molar-refractivity contribution in [3.63, 3.8) is 0 Å². The Hall–Kier alpha value is -2.43. The van der Waals surface area contributed by atoms with E-state index in [0.717, 1.165) is 22.1 Å². The van der Waals surface area contributed by atoms with Gasteiger partial charge in [-0.15, -0.1) is 11.8 Å². The second kappa shape index (κ2) is 8.37. The van der Waals surface area contributed by atoms with E-state index in [-0.39, 0.29) is 18.8 Å². The summed E-state index contributed by atoms with van der Waals surface area (Å²) in [5.74, 6) is -1.31. The van der Waals surface area contributed by atoms with Gasteiger partial charge in [0, 0.05) is 28.6 Å². The van der Waals surface area contributed by atoms with Gasteiger partial charge in [-0.05, 0) is 49.4 Å². The first-order valence-corrected chi connectivity index (χ1v) is 12.2. The van der Waals surface area contributed by atoms with Crippen LogP contribution in [0.2, 0.25) is 0 Å². The SMILES string of the molecule is CSc1ccc(-c2ccc3c(cnn3CCC(C)(C(=O)NO)S(C)(=O)=O)c2)c(F)c1. The molecule has 10 heteroatoms. The molecule has 1 aromatic heterocycles. The number of hydrogen-bond donors (Lipinski definition) is 2. The first kappa shape index (κ1) is 22.3. The van der Waals surface area contributed by atoms with Crippen molar-refractivity contribution in [2.75, 3.05) is 12.5 Å². The van der Waals surface area contributed by atoms with Gasteiger partial charge in [0.25, 0.3) is 5.91 Å². The minimum atomic E-state index is -3.79. The van der Waals surface area contributed by atoms with E-state index in [1.54, 1.807) is 29.1 Å². The molecule has 160 valence electrons. The van der Waals surface area contributed by atoms with Gasteiger partial charge in [0.05, 0.1) is 11.7 Å². The van der Waals surface area contributed by atoms with Crippen LogP contribution in [0.4, 0.5) is 4.39 Å². The number of rotatable bonds is 7. The number of aromatic nitrogens is 2. The number of benzene rings is 2. The molecule has 0 saturated heterocycles. The average Bonchev–Trinajstić information content (AvgIpc) is 3.12. The van der Waals surface area contributed by atoms with Gasteiger partial charge in [-0.3, -0.25) is 14.7 Å². The van der Waals surface area contributed by atoms with Gasteiger partial charge >= 0.3 is 0 Å². The molecule has 1 heterocycles. The number of carbonyl (C=O) groups is 1. The second-order valence-corrected chi connectivity index (χ2v) is 10.5. The van der Waals surface area contributed by atoms with Crippen LogP contribution in [0.3, 0.4) is 0 Å². The zero-order valence-corrected chi connectivity index (χ0v) is 18.3. The van der Waals surface area contributed by atoms with E-state index < -0.39 is 20.5 Å². The number of halogens is 1. The fraction of sp³-hybridized carbons (Fsp3) is 0.300. The maximum absolute atomic E-state index is 14.5. The number of sulfone groups is 1. The minimum absolute atomic E-state index is 0.0818. The Labute approximate surface area is 178 Å². The van der Waals surface area contributed by atoms with Crippen molar-refractivity contribution >= 4 is 38.4 Å². The van der Waals surface area contributed by atoms with Gasteiger partial charge < -0.3 is 0 Å². The van der Waals surface area contributed by atoms with E-state index in [4.69, 9.17) is 5.21 Å². The number of hydrogen-bond acceptors (Lipinski definition) is 6. The molecule has 0 radical (unpaired) electrons. The molecule has 0 saturated carbocycles. The van der Waals surface area contributed by atoms with Gasteiger partial charge in [-0.25, -0.2) is 18.3 Å². The van der Waals surface area contributed by atoms with Crippen LogP contribution in [0.1, 0.15) is 13.3 Å². The van der Waals surface area contributed by atoms with Crippen molar-refractivity contribution in [1.82, 2.24) is 15.3 Å². The third-order valence-electron chi connectivity index (χ3n) is 5.33. The summed E-state index contributed by atoms with van der Waals surface area (Å²) in [6, 6.07) is 10.4. The molecule has 1 unspecified atom stereocenters. The molecule has 2 aromatic carbocycles. The molecule has 3 aromatic rings. The first-order valence-electron chi connectivity index (χ1n) is 9.04. The molecule has 0 aliphatic rings. The summed E-state index contributed by atoms with van der Waals surface area (Å²) < 4.78 is 38.5. The lowest BCUT2D eigenvalue weighted by Gasteiger charge is -2.25. The number of thioether (sulfide) groups is 1.